The maximum atomic E-state index is 13.3. The van der Waals surface area contributed by atoms with Crippen LogP contribution in [0.4, 0.5) is 4.39 Å². The third-order valence-electron chi connectivity index (χ3n) is 2.96. The largest absolute Gasteiger partial charge is 0.455 e. The van der Waals surface area contributed by atoms with Crippen molar-refractivity contribution in [1.29, 1.82) is 0 Å². The first-order chi connectivity index (χ1) is 10.2. The molecule has 1 aromatic heterocycles. The number of hydrogen-bond acceptors (Lipinski definition) is 4. The van der Waals surface area contributed by atoms with E-state index >= 15 is 0 Å². The number of aliphatic hydroxyl groups is 1. The molecule has 0 aliphatic rings. The summed E-state index contributed by atoms with van der Waals surface area (Å²) in [4.78, 5) is 16.3. The van der Waals surface area contributed by atoms with Crippen LogP contribution in [-0.2, 0) is 18.4 Å². The maximum Gasteiger partial charge on any atom is 0.359 e. The quantitative estimate of drug-likeness (QED) is 0.886. The molecule has 0 fully saturated rings. The lowest BCUT2D eigenvalue weighted by atomic mass is 10.1. The predicted octanol–water partition coefficient (Wildman–Crippen LogP) is 2.67. The molecular weight excluding hydrogens is 287 g/mol. The zero-order valence-electron chi connectivity index (χ0n) is 13.1. The average Bonchev–Trinajstić information content (AvgIpc) is 2.79. The molecule has 5 nitrogen and oxygen atoms in total. The number of ether oxygens (including phenoxy) is 1. The molecule has 1 N–H and O–H groups in total. The van der Waals surface area contributed by atoms with Crippen LogP contribution in [0.15, 0.2) is 24.4 Å². The third kappa shape index (κ3) is 3.51. The van der Waals surface area contributed by atoms with Gasteiger partial charge in [-0.3, -0.25) is 0 Å². The van der Waals surface area contributed by atoms with Crippen LogP contribution in [0.2, 0.25) is 0 Å². The average molecular weight is 306 g/mol. The molecule has 6 heteroatoms. The fourth-order valence-electron chi connectivity index (χ4n) is 2.06. The van der Waals surface area contributed by atoms with E-state index < -0.39 is 17.4 Å². The van der Waals surface area contributed by atoms with E-state index in [-0.39, 0.29) is 12.3 Å². The molecule has 2 aromatic rings. The molecule has 22 heavy (non-hydrogen) atoms. The molecule has 0 aliphatic heterocycles. The van der Waals surface area contributed by atoms with Gasteiger partial charge in [0.1, 0.15) is 17.2 Å². The number of carbonyl (C=O) groups excluding carboxylic acids is 1. The molecule has 0 saturated carbocycles. The molecule has 0 saturated heterocycles. The van der Waals surface area contributed by atoms with E-state index in [1.807, 2.05) is 0 Å². The Bertz CT molecular complexity index is 702. The second-order valence-electron chi connectivity index (χ2n) is 6.02. The maximum absolute atomic E-state index is 13.3. The molecule has 1 heterocycles. The lowest BCUT2D eigenvalue weighted by Gasteiger charge is -2.18. The monoisotopic (exact) mass is 306 g/mol. The number of rotatable bonds is 3. The smallest absolute Gasteiger partial charge is 0.359 e. The minimum Gasteiger partial charge on any atom is -0.455 e. The van der Waals surface area contributed by atoms with Gasteiger partial charge in [0, 0.05) is 18.8 Å². The minimum absolute atomic E-state index is 0.167. The van der Waals surface area contributed by atoms with Crippen molar-refractivity contribution in [3.05, 3.63) is 41.5 Å². The third-order valence-corrected chi connectivity index (χ3v) is 2.96. The highest BCUT2D eigenvalue weighted by atomic mass is 19.1. The van der Waals surface area contributed by atoms with E-state index in [2.05, 4.69) is 4.98 Å². The second kappa shape index (κ2) is 5.88. The summed E-state index contributed by atoms with van der Waals surface area (Å²) in [5, 5.41) is 9.37. The summed E-state index contributed by atoms with van der Waals surface area (Å²) in [7, 11) is 1.72. The number of carbonyl (C=O) groups is 1. The SMILES string of the molecule is Cn1cc(C(=O)OC(C)(C)C)nc1-c1ccc(F)cc1CO. The Labute approximate surface area is 128 Å². The number of hydrogen-bond donors (Lipinski definition) is 1. The van der Waals surface area contributed by atoms with Crippen molar-refractivity contribution in [2.24, 2.45) is 7.05 Å². The van der Waals surface area contributed by atoms with Gasteiger partial charge in [-0.15, -0.1) is 0 Å². The number of benzene rings is 1. The van der Waals surface area contributed by atoms with E-state index in [9.17, 15) is 14.3 Å². The number of esters is 1. The van der Waals surface area contributed by atoms with Gasteiger partial charge in [0.2, 0.25) is 0 Å². The summed E-state index contributed by atoms with van der Waals surface area (Å²) < 4.78 is 20.2. The number of halogens is 1. The van der Waals surface area contributed by atoms with E-state index in [4.69, 9.17) is 4.74 Å². The summed E-state index contributed by atoms with van der Waals surface area (Å²) in [6.45, 7) is 5.01. The summed E-state index contributed by atoms with van der Waals surface area (Å²) in [6.07, 6.45) is 1.55. The molecule has 0 atom stereocenters. The van der Waals surface area contributed by atoms with Gasteiger partial charge >= 0.3 is 5.97 Å². The first-order valence-corrected chi connectivity index (χ1v) is 6.87. The Kier molecular flexibility index (Phi) is 4.32. The molecule has 1 aromatic carbocycles. The van der Waals surface area contributed by atoms with Crippen LogP contribution in [0.5, 0.6) is 0 Å². The Morgan fingerprint density at radius 2 is 2.09 bits per heavy atom. The van der Waals surface area contributed by atoms with Crippen molar-refractivity contribution in [2.75, 3.05) is 0 Å². The number of nitrogens with zero attached hydrogens (tertiary/aromatic N) is 2. The van der Waals surface area contributed by atoms with Crippen molar-refractivity contribution in [2.45, 2.75) is 33.0 Å². The molecule has 2 rings (SSSR count). The highest BCUT2D eigenvalue weighted by molar-refractivity contribution is 5.88. The van der Waals surface area contributed by atoms with Crippen molar-refractivity contribution < 1.29 is 19.0 Å². The second-order valence-corrected chi connectivity index (χ2v) is 6.02. The van der Waals surface area contributed by atoms with Crippen LogP contribution in [0.25, 0.3) is 11.4 Å². The van der Waals surface area contributed by atoms with Crippen LogP contribution in [0.1, 0.15) is 36.8 Å². The van der Waals surface area contributed by atoms with Crippen molar-refractivity contribution in [1.82, 2.24) is 9.55 Å². The molecule has 0 spiro atoms. The zero-order chi connectivity index (χ0) is 16.5. The summed E-state index contributed by atoms with van der Waals surface area (Å²) in [6, 6.07) is 4.07. The van der Waals surface area contributed by atoms with Crippen LogP contribution >= 0.6 is 0 Å². The van der Waals surface area contributed by atoms with Crippen LogP contribution in [0, 0.1) is 5.82 Å². The lowest BCUT2D eigenvalue weighted by Crippen LogP contribution is -2.24. The first-order valence-electron chi connectivity index (χ1n) is 6.87. The van der Waals surface area contributed by atoms with Gasteiger partial charge in [-0.2, -0.15) is 0 Å². The highest BCUT2D eigenvalue weighted by Crippen LogP contribution is 2.24. The van der Waals surface area contributed by atoms with Gasteiger partial charge in [-0.25, -0.2) is 14.2 Å². The molecule has 0 bridgehead atoms. The Morgan fingerprint density at radius 1 is 1.41 bits per heavy atom. The van der Waals surface area contributed by atoms with Gasteiger partial charge in [0.05, 0.1) is 6.61 Å². The first kappa shape index (κ1) is 16.2. The molecule has 0 unspecified atom stereocenters. The Balaban J connectivity index is 2.41. The number of aromatic nitrogens is 2. The van der Waals surface area contributed by atoms with E-state index in [0.29, 0.717) is 17.0 Å². The molecule has 118 valence electrons. The van der Waals surface area contributed by atoms with E-state index in [1.165, 1.54) is 18.2 Å². The Hall–Kier alpha value is -2.21. The standard InChI is InChI=1S/C16H19FN2O3/c1-16(2,3)22-15(21)13-8-19(4)14(18-13)12-6-5-11(17)7-10(12)9-20/h5-8,20H,9H2,1-4H3. The van der Waals surface area contributed by atoms with Gasteiger partial charge in [-0.1, -0.05) is 0 Å². The zero-order valence-corrected chi connectivity index (χ0v) is 13.1. The van der Waals surface area contributed by atoms with Crippen molar-refractivity contribution in [3.8, 4) is 11.4 Å². The van der Waals surface area contributed by atoms with Gasteiger partial charge in [-0.05, 0) is 44.5 Å². The summed E-state index contributed by atoms with van der Waals surface area (Å²) in [5.41, 5.74) is 0.534. The van der Waals surface area contributed by atoms with Crippen LogP contribution < -0.4 is 0 Å². The summed E-state index contributed by atoms with van der Waals surface area (Å²) in [5.74, 6) is -0.499. The van der Waals surface area contributed by atoms with Gasteiger partial charge < -0.3 is 14.4 Å². The summed E-state index contributed by atoms with van der Waals surface area (Å²) >= 11 is 0. The fraction of sp³-hybridized carbons (Fsp3) is 0.375. The molecule has 0 radical (unpaired) electrons. The van der Waals surface area contributed by atoms with Crippen LogP contribution in [-0.4, -0.2) is 26.2 Å². The molecular formula is C16H19FN2O3. The highest BCUT2D eigenvalue weighted by Gasteiger charge is 2.22. The van der Waals surface area contributed by atoms with Gasteiger partial charge in [0.15, 0.2) is 5.69 Å². The van der Waals surface area contributed by atoms with Gasteiger partial charge in [0.25, 0.3) is 0 Å². The van der Waals surface area contributed by atoms with Crippen LogP contribution in [0.3, 0.4) is 0 Å². The number of aliphatic hydroxyl groups excluding tert-OH is 1. The molecule has 0 amide bonds. The van der Waals surface area contributed by atoms with E-state index in [1.54, 1.807) is 38.6 Å². The topological polar surface area (TPSA) is 64.4 Å². The number of aryl methyl sites for hydroxylation is 1. The Morgan fingerprint density at radius 3 is 2.68 bits per heavy atom. The fourth-order valence-corrected chi connectivity index (χ4v) is 2.06. The van der Waals surface area contributed by atoms with E-state index in [0.717, 1.165) is 0 Å². The number of imidazole rings is 1. The van der Waals surface area contributed by atoms with Crippen molar-refractivity contribution >= 4 is 5.97 Å². The normalized spacial score (nSPS) is 11.5. The van der Waals surface area contributed by atoms with Crippen molar-refractivity contribution in [3.63, 3.8) is 0 Å². The predicted molar refractivity (Wildman–Crippen MR) is 79.7 cm³/mol. The minimum atomic E-state index is -0.610. The molecule has 0 aliphatic carbocycles. The lowest BCUT2D eigenvalue weighted by molar-refractivity contribution is 0.00633.